The maximum Gasteiger partial charge on any atom is 0.244 e. The van der Waals surface area contributed by atoms with Crippen LogP contribution in [0.3, 0.4) is 0 Å². The van der Waals surface area contributed by atoms with E-state index in [2.05, 4.69) is 4.90 Å². The summed E-state index contributed by atoms with van der Waals surface area (Å²) in [6, 6.07) is 9.98. The van der Waals surface area contributed by atoms with E-state index in [1.807, 2.05) is 56.2 Å². The smallest absolute Gasteiger partial charge is 0.244 e. The number of carbonyl (C=O) groups excluding carboxylic acids is 1. The molecule has 0 bridgehead atoms. The molecule has 1 aliphatic heterocycles. The Bertz CT molecular complexity index is 388. The van der Waals surface area contributed by atoms with Gasteiger partial charge in [-0.25, -0.2) is 0 Å². The summed E-state index contributed by atoms with van der Waals surface area (Å²) in [4.78, 5) is 16.4. The average Bonchev–Trinajstić information content (AvgIpc) is 2.41. The zero-order valence-electron chi connectivity index (χ0n) is 11.0. The predicted octanol–water partition coefficient (Wildman–Crippen LogP) is 1.86. The van der Waals surface area contributed by atoms with Crippen molar-refractivity contribution in [3.05, 3.63) is 35.9 Å². The van der Waals surface area contributed by atoms with E-state index in [9.17, 15) is 4.79 Å². The van der Waals surface area contributed by atoms with Gasteiger partial charge in [0.1, 0.15) is 6.04 Å². The highest BCUT2D eigenvalue weighted by Gasteiger charge is 2.29. The van der Waals surface area contributed by atoms with Crippen LogP contribution in [0, 0.1) is 0 Å². The van der Waals surface area contributed by atoms with Gasteiger partial charge in [-0.2, -0.15) is 11.8 Å². The normalized spacial score (nSPS) is 18.3. The molecule has 0 saturated carbocycles. The predicted molar refractivity (Wildman–Crippen MR) is 76.8 cm³/mol. The summed E-state index contributed by atoms with van der Waals surface area (Å²) in [7, 11) is 3.66. The van der Waals surface area contributed by atoms with Gasteiger partial charge in [0.15, 0.2) is 0 Å². The van der Waals surface area contributed by atoms with Gasteiger partial charge in [0.2, 0.25) is 5.91 Å². The number of hydrogen-bond acceptors (Lipinski definition) is 3. The summed E-state index contributed by atoms with van der Waals surface area (Å²) >= 11 is 1.96. The molecule has 2 rings (SSSR count). The minimum Gasteiger partial charge on any atom is -0.347 e. The Morgan fingerprint density at radius 2 is 1.83 bits per heavy atom. The number of amides is 1. The summed E-state index contributed by atoms with van der Waals surface area (Å²) in [6.07, 6.45) is 0. The molecule has 4 heteroatoms. The van der Waals surface area contributed by atoms with Crippen LogP contribution in [-0.4, -0.2) is 54.4 Å². The molecule has 1 atom stereocenters. The zero-order chi connectivity index (χ0) is 13.0. The largest absolute Gasteiger partial charge is 0.347 e. The molecule has 1 aromatic carbocycles. The summed E-state index contributed by atoms with van der Waals surface area (Å²) < 4.78 is 0. The molecule has 0 spiro atoms. The first-order valence-electron chi connectivity index (χ1n) is 6.28. The maximum absolute atomic E-state index is 12.4. The van der Waals surface area contributed by atoms with Crippen LogP contribution >= 0.6 is 11.8 Å². The molecule has 3 nitrogen and oxygen atoms in total. The van der Waals surface area contributed by atoms with E-state index in [-0.39, 0.29) is 11.9 Å². The number of rotatable bonds is 3. The van der Waals surface area contributed by atoms with Crippen molar-refractivity contribution < 1.29 is 4.79 Å². The highest BCUT2D eigenvalue weighted by molar-refractivity contribution is 7.99. The van der Waals surface area contributed by atoms with Crippen molar-refractivity contribution in [2.45, 2.75) is 6.04 Å². The SMILES string of the molecule is CN(C)C(=O)C(c1ccccc1)N1CCSCC1. The third kappa shape index (κ3) is 3.06. The monoisotopic (exact) mass is 264 g/mol. The van der Waals surface area contributed by atoms with Gasteiger partial charge in [-0.05, 0) is 5.56 Å². The molecule has 0 radical (unpaired) electrons. The van der Waals surface area contributed by atoms with Gasteiger partial charge in [-0.1, -0.05) is 30.3 Å². The van der Waals surface area contributed by atoms with Crippen molar-refractivity contribution in [3.8, 4) is 0 Å². The lowest BCUT2D eigenvalue weighted by Gasteiger charge is -2.35. The molecule has 0 aliphatic carbocycles. The van der Waals surface area contributed by atoms with Gasteiger partial charge >= 0.3 is 0 Å². The van der Waals surface area contributed by atoms with Crippen molar-refractivity contribution in [2.24, 2.45) is 0 Å². The summed E-state index contributed by atoms with van der Waals surface area (Å²) in [5, 5.41) is 0. The van der Waals surface area contributed by atoms with E-state index < -0.39 is 0 Å². The van der Waals surface area contributed by atoms with Crippen LogP contribution in [0.15, 0.2) is 30.3 Å². The molecule has 1 aliphatic rings. The van der Waals surface area contributed by atoms with Crippen LogP contribution in [0.4, 0.5) is 0 Å². The second kappa shape index (κ2) is 6.25. The topological polar surface area (TPSA) is 23.6 Å². The first-order valence-corrected chi connectivity index (χ1v) is 7.43. The van der Waals surface area contributed by atoms with Gasteiger partial charge in [0.25, 0.3) is 0 Å². The first-order chi connectivity index (χ1) is 8.70. The van der Waals surface area contributed by atoms with E-state index in [0.29, 0.717) is 0 Å². The van der Waals surface area contributed by atoms with Crippen LogP contribution in [0.1, 0.15) is 11.6 Å². The van der Waals surface area contributed by atoms with Gasteiger partial charge in [0, 0.05) is 38.7 Å². The highest BCUT2D eigenvalue weighted by Crippen LogP contribution is 2.25. The van der Waals surface area contributed by atoms with E-state index in [1.165, 1.54) is 0 Å². The quantitative estimate of drug-likeness (QED) is 0.832. The number of carbonyl (C=O) groups is 1. The van der Waals surface area contributed by atoms with Crippen molar-refractivity contribution in [2.75, 3.05) is 38.7 Å². The van der Waals surface area contributed by atoms with Gasteiger partial charge < -0.3 is 4.90 Å². The Kier molecular flexibility index (Phi) is 4.66. The fourth-order valence-corrected chi connectivity index (χ4v) is 3.16. The highest BCUT2D eigenvalue weighted by atomic mass is 32.2. The minimum absolute atomic E-state index is 0.123. The molecule has 18 heavy (non-hydrogen) atoms. The van der Waals surface area contributed by atoms with E-state index in [1.54, 1.807) is 4.90 Å². The number of nitrogens with zero attached hydrogens (tertiary/aromatic N) is 2. The Balaban J connectivity index is 2.25. The van der Waals surface area contributed by atoms with E-state index in [4.69, 9.17) is 0 Å². The Morgan fingerprint density at radius 1 is 1.22 bits per heavy atom. The minimum atomic E-state index is -0.123. The number of hydrogen-bond donors (Lipinski definition) is 0. The standard InChI is InChI=1S/C14H20N2OS/c1-15(2)14(17)13(12-6-4-3-5-7-12)16-8-10-18-11-9-16/h3-7,13H,8-11H2,1-2H3. The fourth-order valence-electron chi connectivity index (χ4n) is 2.23. The summed E-state index contributed by atoms with van der Waals surface area (Å²) in [6.45, 7) is 1.98. The molecule has 1 fully saturated rings. The summed E-state index contributed by atoms with van der Waals surface area (Å²) in [5.41, 5.74) is 1.10. The maximum atomic E-state index is 12.4. The second-order valence-electron chi connectivity index (χ2n) is 4.69. The van der Waals surface area contributed by atoms with E-state index in [0.717, 1.165) is 30.2 Å². The third-order valence-electron chi connectivity index (χ3n) is 3.20. The van der Waals surface area contributed by atoms with Crippen molar-refractivity contribution in [3.63, 3.8) is 0 Å². The molecule has 1 amide bonds. The molecular formula is C14H20N2OS. The molecule has 1 heterocycles. The van der Waals surface area contributed by atoms with Crippen LogP contribution < -0.4 is 0 Å². The Hall–Kier alpha value is -1.00. The van der Waals surface area contributed by atoms with E-state index >= 15 is 0 Å². The van der Waals surface area contributed by atoms with Gasteiger partial charge in [0.05, 0.1) is 0 Å². The fraction of sp³-hybridized carbons (Fsp3) is 0.500. The molecule has 98 valence electrons. The van der Waals surface area contributed by atoms with Gasteiger partial charge in [-0.3, -0.25) is 9.69 Å². The van der Waals surface area contributed by atoms with Crippen LogP contribution in [0.5, 0.6) is 0 Å². The lowest BCUT2D eigenvalue weighted by molar-refractivity contribution is -0.134. The summed E-state index contributed by atoms with van der Waals surface area (Å²) in [5.74, 6) is 2.40. The lowest BCUT2D eigenvalue weighted by Crippen LogP contribution is -2.43. The second-order valence-corrected chi connectivity index (χ2v) is 5.92. The molecule has 1 aromatic rings. The van der Waals surface area contributed by atoms with Crippen LogP contribution in [-0.2, 0) is 4.79 Å². The molecular weight excluding hydrogens is 244 g/mol. The van der Waals surface area contributed by atoms with Crippen molar-refractivity contribution >= 4 is 17.7 Å². The molecule has 0 aromatic heterocycles. The van der Waals surface area contributed by atoms with Crippen molar-refractivity contribution in [1.82, 2.24) is 9.80 Å². The number of thioether (sulfide) groups is 1. The number of benzene rings is 1. The zero-order valence-corrected chi connectivity index (χ0v) is 11.8. The molecule has 1 unspecified atom stereocenters. The molecule has 0 N–H and O–H groups in total. The Labute approximate surface area is 113 Å². The van der Waals surface area contributed by atoms with Gasteiger partial charge in [-0.15, -0.1) is 0 Å². The lowest BCUT2D eigenvalue weighted by atomic mass is 10.0. The third-order valence-corrected chi connectivity index (χ3v) is 4.14. The first kappa shape index (κ1) is 13.4. The van der Waals surface area contributed by atoms with Crippen LogP contribution in [0.2, 0.25) is 0 Å². The number of likely N-dealkylation sites (N-methyl/N-ethyl adjacent to an activating group) is 1. The Morgan fingerprint density at radius 3 is 2.39 bits per heavy atom. The molecule has 1 saturated heterocycles. The average molecular weight is 264 g/mol. The van der Waals surface area contributed by atoms with Crippen molar-refractivity contribution in [1.29, 1.82) is 0 Å². The van der Waals surface area contributed by atoms with Crippen LogP contribution in [0.25, 0.3) is 0 Å².